The number of nitrogens with zero attached hydrogens (tertiary/aromatic N) is 1. The van der Waals surface area contributed by atoms with E-state index in [9.17, 15) is 14.0 Å². The Morgan fingerprint density at radius 3 is 2.32 bits per heavy atom. The third-order valence-electron chi connectivity index (χ3n) is 5.45. The zero-order valence-corrected chi connectivity index (χ0v) is 15.4. The normalized spacial score (nSPS) is 23.9. The fourth-order valence-corrected chi connectivity index (χ4v) is 4.10. The Labute approximate surface area is 163 Å². The zero-order valence-electron chi connectivity index (χ0n) is 15.4. The number of carbonyl (C=O) groups is 2. The van der Waals surface area contributed by atoms with Crippen LogP contribution in [-0.2, 0) is 16.1 Å². The molecule has 2 bridgehead atoms. The molecule has 2 aromatic rings. The minimum Gasteiger partial charge on any atom is -0.445 e. The Kier molecular flexibility index (Phi) is 5.39. The molecule has 0 spiro atoms. The maximum absolute atomic E-state index is 14.0. The van der Waals surface area contributed by atoms with E-state index in [4.69, 9.17) is 9.47 Å². The summed E-state index contributed by atoms with van der Waals surface area (Å²) in [5, 5.41) is 0. The van der Waals surface area contributed by atoms with E-state index >= 15 is 0 Å². The summed E-state index contributed by atoms with van der Waals surface area (Å²) >= 11 is 0. The van der Waals surface area contributed by atoms with Crippen LogP contribution in [0.2, 0.25) is 0 Å². The second-order valence-electron chi connectivity index (χ2n) is 7.30. The number of piperidine rings is 1. The van der Waals surface area contributed by atoms with Gasteiger partial charge in [-0.25, -0.2) is 9.18 Å². The van der Waals surface area contributed by atoms with E-state index in [1.54, 1.807) is 17.0 Å². The van der Waals surface area contributed by atoms with Crippen molar-refractivity contribution in [3.63, 3.8) is 0 Å². The molecule has 2 aliphatic heterocycles. The number of benzene rings is 2. The molecule has 4 rings (SSSR count). The fourth-order valence-electron chi connectivity index (χ4n) is 4.10. The number of amides is 1. The molecule has 1 amide bonds. The van der Waals surface area contributed by atoms with Gasteiger partial charge in [-0.05, 0) is 30.5 Å². The molecule has 5 nitrogen and oxygen atoms in total. The molecule has 0 saturated carbocycles. The molecule has 28 heavy (non-hydrogen) atoms. The van der Waals surface area contributed by atoms with Gasteiger partial charge in [0.25, 0.3) is 0 Å². The Bertz CT molecular complexity index is 843. The van der Waals surface area contributed by atoms with Crippen LogP contribution in [0, 0.1) is 11.7 Å². The standard InChI is InChI=1S/C22H22FNO4/c23-20-9-5-4-8-19(20)21(25)16-10-17-13-27-14-18(11-16)24(17)22(26)28-12-15-6-2-1-3-7-15/h1-9,16-18H,10-14H2. The number of fused-ring (bicyclic) bond motifs is 2. The van der Waals surface area contributed by atoms with Crippen molar-refractivity contribution >= 4 is 11.9 Å². The summed E-state index contributed by atoms with van der Waals surface area (Å²) in [6.45, 7) is 0.921. The van der Waals surface area contributed by atoms with Crippen molar-refractivity contribution in [1.82, 2.24) is 4.90 Å². The van der Waals surface area contributed by atoms with Crippen LogP contribution < -0.4 is 0 Å². The van der Waals surface area contributed by atoms with Crippen molar-refractivity contribution in [2.24, 2.45) is 5.92 Å². The highest BCUT2D eigenvalue weighted by molar-refractivity contribution is 5.98. The molecule has 2 atom stereocenters. The molecule has 2 aromatic carbocycles. The smallest absolute Gasteiger partial charge is 0.410 e. The van der Waals surface area contributed by atoms with Crippen molar-refractivity contribution in [1.29, 1.82) is 0 Å². The lowest BCUT2D eigenvalue weighted by Crippen LogP contribution is -2.60. The number of rotatable bonds is 4. The Balaban J connectivity index is 1.44. The third kappa shape index (κ3) is 3.78. The van der Waals surface area contributed by atoms with Crippen molar-refractivity contribution in [3.8, 4) is 0 Å². The van der Waals surface area contributed by atoms with Crippen LogP contribution in [0.4, 0.5) is 9.18 Å². The van der Waals surface area contributed by atoms with E-state index in [2.05, 4.69) is 0 Å². The van der Waals surface area contributed by atoms with Gasteiger partial charge in [0.05, 0.1) is 30.9 Å². The minimum atomic E-state index is -0.501. The molecule has 0 aliphatic carbocycles. The quantitative estimate of drug-likeness (QED) is 0.753. The second kappa shape index (κ2) is 8.10. The van der Waals surface area contributed by atoms with E-state index in [0.29, 0.717) is 26.1 Å². The van der Waals surface area contributed by atoms with Crippen molar-refractivity contribution < 1.29 is 23.5 Å². The van der Waals surface area contributed by atoms with Crippen LogP contribution in [-0.4, -0.2) is 42.1 Å². The molecule has 0 N–H and O–H groups in total. The van der Waals surface area contributed by atoms with Gasteiger partial charge in [-0.1, -0.05) is 42.5 Å². The molecule has 2 saturated heterocycles. The Hall–Kier alpha value is -2.73. The van der Waals surface area contributed by atoms with E-state index < -0.39 is 5.82 Å². The molecule has 146 valence electrons. The average molecular weight is 383 g/mol. The number of ether oxygens (including phenoxy) is 2. The van der Waals surface area contributed by atoms with Gasteiger partial charge in [-0.15, -0.1) is 0 Å². The molecule has 0 radical (unpaired) electrons. The highest BCUT2D eigenvalue weighted by Gasteiger charge is 2.44. The summed E-state index contributed by atoms with van der Waals surface area (Å²) in [7, 11) is 0. The highest BCUT2D eigenvalue weighted by Crippen LogP contribution is 2.34. The SMILES string of the molecule is O=C(c1ccccc1F)C1CC2COCC(C1)N2C(=O)OCc1ccccc1. The number of hydrogen-bond donors (Lipinski definition) is 0. The Morgan fingerprint density at radius 1 is 1.00 bits per heavy atom. The van der Waals surface area contributed by atoms with Gasteiger partial charge in [-0.2, -0.15) is 0 Å². The van der Waals surface area contributed by atoms with Gasteiger partial charge >= 0.3 is 6.09 Å². The van der Waals surface area contributed by atoms with Gasteiger partial charge in [0.15, 0.2) is 5.78 Å². The summed E-state index contributed by atoms with van der Waals surface area (Å²) in [6, 6.07) is 15.1. The van der Waals surface area contributed by atoms with Crippen LogP contribution in [0.3, 0.4) is 0 Å². The molecule has 2 heterocycles. The fraction of sp³-hybridized carbons (Fsp3) is 0.364. The number of ketones is 1. The van der Waals surface area contributed by atoms with E-state index in [1.807, 2.05) is 30.3 Å². The number of carbonyl (C=O) groups excluding carboxylic acids is 2. The third-order valence-corrected chi connectivity index (χ3v) is 5.45. The first-order valence-corrected chi connectivity index (χ1v) is 9.49. The maximum atomic E-state index is 14.0. The summed E-state index contributed by atoms with van der Waals surface area (Å²) in [4.78, 5) is 27.2. The molecule has 6 heteroatoms. The van der Waals surface area contributed by atoms with Crippen molar-refractivity contribution in [3.05, 3.63) is 71.5 Å². The average Bonchev–Trinajstić information content (AvgIpc) is 2.71. The first kappa shape index (κ1) is 18.6. The number of morpholine rings is 1. The molecule has 2 aliphatic rings. The van der Waals surface area contributed by atoms with E-state index in [-0.39, 0.29) is 42.0 Å². The van der Waals surface area contributed by atoms with Crippen LogP contribution in [0.5, 0.6) is 0 Å². The van der Waals surface area contributed by atoms with Gasteiger partial charge in [0.1, 0.15) is 12.4 Å². The number of hydrogen-bond acceptors (Lipinski definition) is 4. The molecular weight excluding hydrogens is 361 g/mol. The maximum Gasteiger partial charge on any atom is 0.410 e. The lowest BCUT2D eigenvalue weighted by atomic mass is 9.81. The lowest BCUT2D eigenvalue weighted by molar-refractivity contribution is -0.0755. The van der Waals surface area contributed by atoms with Crippen LogP contribution in [0.15, 0.2) is 54.6 Å². The number of halogens is 1. The number of Topliss-reactive ketones (excluding diaryl/α,β-unsaturated/α-hetero) is 1. The molecule has 2 fully saturated rings. The van der Waals surface area contributed by atoms with Crippen molar-refractivity contribution in [2.75, 3.05) is 13.2 Å². The monoisotopic (exact) mass is 383 g/mol. The van der Waals surface area contributed by atoms with Gasteiger partial charge in [0.2, 0.25) is 0 Å². The molecular formula is C22H22FNO4. The summed E-state index contributed by atoms with van der Waals surface area (Å²) in [6.07, 6.45) is 0.507. The summed E-state index contributed by atoms with van der Waals surface area (Å²) in [5.41, 5.74) is 1.04. The highest BCUT2D eigenvalue weighted by atomic mass is 19.1. The van der Waals surface area contributed by atoms with Gasteiger partial charge in [0, 0.05) is 5.92 Å². The summed E-state index contributed by atoms with van der Waals surface area (Å²) < 4.78 is 25.1. The zero-order chi connectivity index (χ0) is 19.5. The predicted molar refractivity (Wildman–Crippen MR) is 100 cm³/mol. The predicted octanol–water partition coefficient (Wildman–Crippen LogP) is 3.82. The van der Waals surface area contributed by atoms with Crippen molar-refractivity contribution in [2.45, 2.75) is 31.5 Å². The van der Waals surface area contributed by atoms with Crippen LogP contribution in [0.25, 0.3) is 0 Å². The minimum absolute atomic E-state index is 0.117. The molecule has 0 aromatic heterocycles. The van der Waals surface area contributed by atoms with E-state index in [0.717, 1.165) is 5.56 Å². The van der Waals surface area contributed by atoms with Crippen LogP contribution >= 0.6 is 0 Å². The summed E-state index contributed by atoms with van der Waals surface area (Å²) in [5.74, 6) is -1.03. The van der Waals surface area contributed by atoms with Gasteiger partial charge in [-0.3, -0.25) is 9.69 Å². The lowest BCUT2D eigenvalue weighted by Gasteiger charge is -2.47. The molecule has 2 unspecified atom stereocenters. The largest absolute Gasteiger partial charge is 0.445 e. The second-order valence-corrected chi connectivity index (χ2v) is 7.30. The Morgan fingerprint density at radius 2 is 1.64 bits per heavy atom. The first-order valence-electron chi connectivity index (χ1n) is 9.49. The van der Waals surface area contributed by atoms with E-state index in [1.165, 1.54) is 12.1 Å². The first-order chi connectivity index (χ1) is 13.6. The van der Waals surface area contributed by atoms with Crippen LogP contribution in [0.1, 0.15) is 28.8 Å². The van der Waals surface area contributed by atoms with Gasteiger partial charge < -0.3 is 9.47 Å². The topological polar surface area (TPSA) is 55.8 Å².